The monoisotopic (exact) mass is 396 g/mol. The van der Waals surface area contributed by atoms with E-state index in [2.05, 4.69) is 58.0 Å². The average molecular weight is 397 g/mol. The maximum Gasteiger partial charge on any atom is 0.272 e. The molecule has 2 aromatic rings. The first kappa shape index (κ1) is 21.0. The Morgan fingerprint density at radius 2 is 1.69 bits per heavy atom. The first-order chi connectivity index (χ1) is 14.0. The fraction of sp³-hybridized carbons (Fsp3) is 0.500. The van der Waals surface area contributed by atoms with E-state index in [1.807, 2.05) is 24.0 Å². The number of carbonyl (C=O) groups excluding carboxylic acids is 1. The molecule has 156 valence electrons. The number of rotatable bonds is 7. The molecule has 0 unspecified atom stereocenters. The smallest absolute Gasteiger partial charge is 0.272 e. The lowest BCUT2D eigenvalue weighted by Crippen LogP contribution is -2.48. The highest BCUT2D eigenvalue weighted by Crippen LogP contribution is 2.20. The molecule has 7 nitrogen and oxygen atoms in total. The van der Waals surface area contributed by atoms with Crippen molar-refractivity contribution in [1.29, 1.82) is 0 Å². The number of hydrogen-bond acceptors (Lipinski definition) is 6. The van der Waals surface area contributed by atoms with Gasteiger partial charge in [-0.15, -0.1) is 0 Å². The van der Waals surface area contributed by atoms with Gasteiger partial charge in [0.25, 0.3) is 5.91 Å². The van der Waals surface area contributed by atoms with Gasteiger partial charge in [-0.3, -0.25) is 4.79 Å². The Morgan fingerprint density at radius 1 is 1.03 bits per heavy atom. The number of anilines is 3. The summed E-state index contributed by atoms with van der Waals surface area (Å²) in [5.41, 5.74) is 3.32. The van der Waals surface area contributed by atoms with Gasteiger partial charge in [-0.05, 0) is 57.6 Å². The number of nitrogens with one attached hydrogen (secondary N) is 1. The molecule has 1 aromatic heterocycles. The van der Waals surface area contributed by atoms with Crippen molar-refractivity contribution in [1.82, 2.24) is 19.8 Å². The second-order valence-corrected chi connectivity index (χ2v) is 7.29. The number of piperazine rings is 1. The van der Waals surface area contributed by atoms with Crippen LogP contribution in [0.5, 0.6) is 0 Å². The maximum absolute atomic E-state index is 12.9. The summed E-state index contributed by atoms with van der Waals surface area (Å²) >= 11 is 0. The van der Waals surface area contributed by atoms with Gasteiger partial charge in [-0.25, -0.2) is 9.97 Å². The molecule has 29 heavy (non-hydrogen) atoms. The minimum Gasteiger partial charge on any atom is -0.372 e. The van der Waals surface area contributed by atoms with Crippen molar-refractivity contribution in [2.75, 3.05) is 56.0 Å². The van der Waals surface area contributed by atoms with Crippen molar-refractivity contribution in [3.05, 3.63) is 41.7 Å². The molecular formula is C22H32N6O. The van der Waals surface area contributed by atoms with Crippen molar-refractivity contribution < 1.29 is 4.79 Å². The van der Waals surface area contributed by atoms with E-state index >= 15 is 0 Å². The zero-order chi connectivity index (χ0) is 20.8. The van der Waals surface area contributed by atoms with E-state index in [1.54, 1.807) is 6.07 Å². The molecule has 0 bridgehead atoms. The highest BCUT2D eigenvalue weighted by atomic mass is 16.2. The molecule has 7 heteroatoms. The molecule has 1 fully saturated rings. The van der Waals surface area contributed by atoms with Crippen LogP contribution in [0.2, 0.25) is 0 Å². The number of amides is 1. The van der Waals surface area contributed by atoms with Gasteiger partial charge in [0.1, 0.15) is 5.69 Å². The van der Waals surface area contributed by atoms with Crippen molar-refractivity contribution in [3.8, 4) is 0 Å². The van der Waals surface area contributed by atoms with Crippen LogP contribution >= 0.6 is 0 Å². The number of nitrogens with zero attached hydrogens (tertiary/aromatic N) is 5. The predicted molar refractivity (Wildman–Crippen MR) is 118 cm³/mol. The molecule has 1 aliphatic heterocycles. The summed E-state index contributed by atoms with van der Waals surface area (Å²) in [6, 6.07) is 9.98. The quantitative estimate of drug-likeness (QED) is 0.776. The maximum atomic E-state index is 12.9. The third-order valence-corrected chi connectivity index (χ3v) is 5.43. The first-order valence-corrected chi connectivity index (χ1v) is 10.5. The number of aromatic nitrogens is 2. The normalized spacial score (nSPS) is 14.7. The van der Waals surface area contributed by atoms with Gasteiger partial charge < -0.3 is 20.0 Å². The van der Waals surface area contributed by atoms with E-state index < -0.39 is 0 Å². The fourth-order valence-electron chi connectivity index (χ4n) is 3.64. The molecule has 0 atom stereocenters. The molecular weight excluding hydrogens is 364 g/mol. The zero-order valence-electron chi connectivity index (χ0n) is 18.0. The molecule has 0 saturated carbocycles. The summed E-state index contributed by atoms with van der Waals surface area (Å²) in [7, 11) is 0. The number of benzene rings is 1. The van der Waals surface area contributed by atoms with E-state index in [4.69, 9.17) is 0 Å². The SMILES string of the molecule is CCN1CCN(C(=O)c2cc(C)nc(Nc3ccc(N(CC)CC)cc3)n2)CC1. The lowest BCUT2D eigenvalue weighted by Gasteiger charge is -2.33. The lowest BCUT2D eigenvalue weighted by molar-refractivity contribution is 0.0637. The molecule has 3 rings (SSSR count). The van der Waals surface area contributed by atoms with E-state index in [-0.39, 0.29) is 5.91 Å². The van der Waals surface area contributed by atoms with Gasteiger partial charge in [0, 0.05) is 56.3 Å². The van der Waals surface area contributed by atoms with E-state index in [1.165, 1.54) is 5.69 Å². The van der Waals surface area contributed by atoms with Crippen LogP contribution in [0.4, 0.5) is 17.3 Å². The standard InChI is InChI=1S/C22H32N6O/c1-5-26-12-14-28(15-13-26)21(29)20-16-17(4)23-22(25-20)24-18-8-10-19(11-9-18)27(6-2)7-3/h8-11,16H,5-7,12-15H2,1-4H3,(H,23,24,25). The summed E-state index contributed by atoms with van der Waals surface area (Å²) in [6.07, 6.45) is 0. The third-order valence-electron chi connectivity index (χ3n) is 5.43. The molecule has 0 radical (unpaired) electrons. The lowest BCUT2D eigenvalue weighted by atomic mass is 10.2. The van der Waals surface area contributed by atoms with Crippen LogP contribution in [0.25, 0.3) is 0 Å². The van der Waals surface area contributed by atoms with Crippen molar-refractivity contribution in [3.63, 3.8) is 0 Å². The van der Waals surface area contributed by atoms with Gasteiger partial charge >= 0.3 is 0 Å². The van der Waals surface area contributed by atoms with Crippen LogP contribution in [-0.2, 0) is 0 Å². The Morgan fingerprint density at radius 3 is 2.28 bits per heavy atom. The predicted octanol–water partition coefficient (Wildman–Crippen LogP) is 3.15. The number of likely N-dealkylation sites (N-methyl/N-ethyl adjacent to an activating group) is 1. The van der Waals surface area contributed by atoms with Crippen LogP contribution < -0.4 is 10.2 Å². The Hall–Kier alpha value is -2.67. The van der Waals surface area contributed by atoms with Crippen molar-refractivity contribution >= 4 is 23.2 Å². The molecule has 1 aliphatic rings. The largest absolute Gasteiger partial charge is 0.372 e. The van der Waals surface area contributed by atoms with Crippen LogP contribution in [0.15, 0.2) is 30.3 Å². The second kappa shape index (κ2) is 9.69. The molecule has 1 amide bonds. The van der Waals surface area contributed by atoms with Crippen LogP contribution in [0.1, 0.15) is 37.0 Å². The summed E-state index contributed by atoms with van der Waals surface area (Å²) in [6.45, 7) is 14.6. The van der Waals surface area contributed by atoms with Gasteiger partial charge in [0.15, 0.2) is 0 Å². The third kappa shape index (κ3) is 5.23. The summed E-state index contributed by atoms with van der Waals surface area (Å²) in [5, 5.41) is 3.24. The summed E-state index contributed by atoms with van der Waals surface area (Å²) in [4.78, 5) is 28.4. The number of carbonyl (C=O) groups is 1. The number of aryl methyl sites for hydroxylation is 1. The Kier molecular flexibility index (Phi) is 7.04. The highest BCUT2D eigenvalue weighted by Gasteiger charge is 2.23. The van der Waals surface area contributed by atoms with Crippen LogP contribution in [-0.4, -0.2) is 71.5 Å². The number of hydrogen-bond donors (Lipinski definition) is 1. The van der Waals surface area contributed by atoms with Crippen molar-refractivity contribution in [2.45, 2.75) is 27.7 Å². The first-order valence-electron chi connectivity index (χ1n) is 10.5. The fourth-order valence-corrected chi connectivity index (χ4v) is 3.64. The Balaban J connectivity index is 1.71. The Bertz CT molecular complexity index is 811. The zero-order valence-corrected chi connectivity index (χ0v) is 18.0. The van der Waals surface area contributed by atoms with Gasteiger partial charge in [-0.1, -0.05) is 6.92 Å². The minimum absolute atomic E-state index is 0.0221. The minimum atomic E-state index is -0.0221. The van der Waals surface area contributed by atoms with Gasteiger partial charge in [0.05, 0.1) is 0 Å². The Labute approximate surface area is 173 Å². The van der Waals surface area contributed by atoms with Crippen LogP contribution in [0, 0.1) is 6.92 Å². The second-order valence-electron chi connectivity index (χ2n) is 7.29. The molecule has 0 aliphatic carbocycles. The average Bonchev–Trinajstić information content (AvgIpc) is 2.75. The topological polar surface area (TPSA) is 64.6 Å². The molecule has 1 N–H and O–H groups in total. The molecule has 0 spiro atoms. The van der Waals surface area contributed by atoms with E-state index in [0.29, 0.717) is 11.6 Å². The highest BCUT2D eigenvalue weighted by molar-refractivity contribution is 5.92. The van der Waals surface area contributed by atoms with E-state index in [0.717, 1.165) is 57.2 Å². The van der Waals surface area contributed by atoms with Crippen molar-refractivity contribution in [2.24, 2.45) is 0 Å². The molecule has 1 saturated heterocycles. The van der Waals surface area contributed by atoms with Gasteiger partial charge in [-0.2, -0.15) is 0 Å². The van der Waals surface area contributed by atoms with Gasteiger partial charge in [0.2, 0.25) is 5.95 Å². The molecule has 1 aromatic carbocycles. The summed E-state index contributed by atoms with van der Waals surface area (Å²) in [5.74, 6) is 0.433. The molecule has 2 heterocycles. The summed E-state index contributed by atoms with van der Waals surface area (Å²) < 4.78 is 0. The van der Waals surface area contributed by atoms with Crippen LogP contribution in [0.3, 0.4) is 0 Å². The van der Waals surface area contributed by atoms with E-state index in [9.17, 15) is 4.79 Å².